The molecule has 0 N–H and O–H groups in total. The highest BCUT2D eigenvalue weighted by Crippen LogP contribution is 2.48. The van der Waals surface area contributed by atoms with Gasteiger partial charge in [0.25, 0.3) is 0 Å². The summed E-state index contributed by atoms with van der Waals surface area (Å²) in [5.41, 5.74) is 15.1. The number of rotatable bonds is 7. The fourth-order valence-electron chi connectivity index (χ4n) is 13.1. The smallest absolute Gasteiger partial charge is 0.164 e. The van der Waals surface area contributed by atoms with Crippen molar-refractivity contribution in [3.63, 3.8) is 0 Å². The molecule has 0 bridgehead atoms. The van der Waals surface area contributed by atoms with Gasteiger partial charge in [0.2, 0.25) is 0 Å². The molecule has 0 aliphatic heterocycles. The topological polar surface area (TPSA) is 61.7 Å². The average molecular weight is 1090 g/mol. The summed E-state index contributed by atoms with van der Waals surface area (Å²) in [5, 5.41) is 11.6. The van der Waals surface area contributed by atoms with Gasteiger partial charge < -0.3 is 13.6 Å². The number of nitrogens with zero attached hydrogens (tertiary/aromatic N) is 5. The summed E-state index contributed by atoms with van der Waals surface area (Å²) in [5.74, 6) is 1.82. The third-order valence-corrected chi connectivity index (χ3v) is 19.0. The summed E-state index contributed by atoms with van der Waals surface area (Å²) < 4.78 is 17.2. The van der Waals surface area contributed by atoms with E-state index in [0.717, 1.165) is 110 Å². The van der Waals surface area contributed by atoms with Gasteiger partial charge in [-0.15, -0.1) is 22.7 Å². The van der Waals surface area contributed by atoms with Crippen LogP contribution >= 0.6 is 22.7 Å². The second kappa shape index (κ2) is 18.0. The van der Waals surface area contributed by atoms with Crippen molar-refractivity contribution in [3.05, 3.63) is 261 Å². The van der Waals surface area contributed by atoms with Crippen LogP contribution in [0, 0.1) is 0 Å². The van der Waals surface area contributed by atoms with Crippen LogP contribution < -0.4 is 0 Å². The maximum absolute atomic E-state index is 7.45. The van der Waals surface area contributed by atoms with Crippen molar-refractivity contribution < 1.29 is 4.42 Å². The first-order valence-electron chi connectivity index (χ1n) is 27.9. The molecule has 18 rings (SSSR count). The van der Waals surface area contributed by atoms with Crippen molar-refractivity contribution in [2.45, 2.75) is 0 Å². The minimum Gasteiger partial charge on any atom is -0.453 e. The zero-order chi connectivity index (χ0) is 54.3. The standard InChI is InChI=1S/C75H43N5OS2/c1-4-18-44(19-5-1)59-40-48(75-77-73(46-32-34-53-51-25-12-16-30-64(51)82-66(53)42-46)76-74(78-75)47-33-35-54-52-26-13-17-31-65(52)83-67(54)43-47)41-60(45-20-6-2-7-21-45)69(59)80-62-29-15-11-27-58(62)68-63(80)39-38-56-57-37-36-55-50-24-10-14-28-61(50)79(49-22-8-3-9-23-49)70(55)72(57)81-71(56)68/h1-43H. The monoisotopic (exact) mass is 1090 g/mol. The van der Waals surface area contributed by atoms with Gasteiger partial charge in [0, 0.05) is 101 Å². The highest BCUT2D eigenvalue weighted by Gasteiger charge is 2.27. The summed E-state index contributed by atoms with van der Waals surface area (Å²) >= 11 is 3.60. The number of fused-ring (bicyclic) bond motifs is 17. The number of thiophene rings is 2. The second-order valence-electron chi connectivity index (χ2n) is 21.4. The third kappa shape index (κ3) is 7.04. The Kier molecular flexibility index (Phi) is 10.0. The fraction of sp³-hybridized carbons (Fsp3) is 0. The molecule has 0 saturated carbocycles. The first kappa shape index (κ1) is 46.3. The molecule has 0 fully saturated rings. The van der Waals surface area contributed by atoms with E-state index in [4.69, 9.17) is 19.4 Å². The van der Waals surface area contributed by atoms with Crippen molar-refractivity contribution in [1.29, 1.82) is 0 Å². The Labute approximate surface area is 482 Å². The zero-order valence-electron chi connectivity index (χ0n) is 44.3. The SMILES string of the molecule is c1ccc(-c2cc(-c3nc(-c4ccc5c(c4)sc4ccccc45)nc(-c4ccc5c(c4)sc4ccccc45)n3)cc(-c3ccccc3)c2-n2c3ccccc3c3c4oc5c(ccc6c7ccccc7n(-c7ccccc7)c65)c4ccc32)cc1. The van der Waals surface area contributed by atoms with E-state index in [1.54, 1.807) is 22.7 Å². The molecule has 386 valence electrons. The van der Waals surface area contributed by atoms with Crippen LogP contribution in [0.15, 0.2) is 265 Å². The van der Waals surface area contributed by atoms with Crippen molar-refractivity contribution in [1.82, 2.24) is 24.1 Å². The minimum atomic E-state index is 0.587. The van der Waals surface area contributed by atoms with Crippen LogP contribution in [0.4, 0.5) is 0 Å². The van der Waals surface area contributed by atoms with Crippen molar-refractivity contribution in [2.24, 2.45) is 0 Å². The molecule has 18 aromatic rings. The van der Waals surface area contributed by atoms with Crippen LogP contribution in [0.5, 0.6) is 0 Å². The lowest BCUT2D eigenvalue weighted by atomic mass is 9.92. The van der Waals surface area contributed by atoms with E-state index >= 15 is 0 Å². The highest BCUT2D eigenvalue weighted by atomic mass is 32.1. The van der Waals surface area contributed by atoms with Crippen LogP contribution in [-0.4, -0.2) is 24.1 Å². The van der Waals surface area contributed by atoms with E-state index in [1.807, 2.05) is 0 Å². The van der Waals surface area contributed by atoms with Crippen LogP contribution in [0.2, 0.25) is 0 Å². The quantitative estimate of drug-likeness (QED) is 0.160. The van der Waals surface area contributed by atoms with Crippen LogP contribution in [0.1, 0.15) is 0 Å². The van der Waals surface area contributed by atoms with Crippen LogP contribution in [0.25, 0.3) is 174 Å². The molecule has 6 heterocycles. The minimum absolute atomic E-state index is 0.587. The average Bonchev–Trinajstić information content (AvgIpc) is 3.33. The fourth-order valence-corrected chi connectivity index (χ4v) is 15.3. The number of hydrogen-bond donors (Lipinski definition) is 0. The summed E-state index contributed by atoms with van der Waals surface area (Å²) in [6.07, 6.45) is 0. The van der Waals surface area contributed by atoms with E-state index in [9.17, 15) is 0 Å². The molecule has 0 spiro atoms. The molecule has 0 aliphatic carbocycles. The van der Waals surface area contributed by atoms with E-state index in [0.29, 0.717) is 17.5 Å². The molecule has 0 unspecified atom stereocenters. The van der Waals surface area contributed by atoms with Gasteiger partial charge in [-0.1, -0.05) is 182 Å². The normalized spacial score (nSPS) is 12.1. The first-order chi connectivity index (χ1) is 41.1. The molecular weight excluding hydrogens is 1050 g/mol. The maximum atomic E-state index is 7.45. The lowest BCUT2D eigenvalue weighted by Crippen LogP contribution is -2.04. The van der Waals surface area contributed by atoms with Crippen molar-refractivity contribution in [3.8, 4) is 67.8 Å². The molecule has 6 nitrogen and oxygen atoms in total. The molecule has 0 radical (unpaired) electrons. The molecule has 12 aromatic carbocycles. The molecule has 0 atom stereocenters. The van der Waals surface area contributed by atoms with Crippen molar-refractivity contribution in [2.75, 3.05) is 0 Å². The highest BCUT2D eigenvalue weighted by molar-refractivity contribution is 7.26. The van der Waals surface area contributed by atoms with Gasteiger partial charge in [-0.25, -0.2) is 15.0 Å². The van der Waals surface area contributed by atoms with E-state index < -0.39 is 0 Å². The number of furan rings is 1. The van der Waals surface area contributed by atoms with Gasteiger partial charge in [0.05, 0.1) is 33.1 Å². The Hall–Kier alpha value is -10.5. The van der Waals surface area contributed by atoms with Gasteiger partial charge in [-0.3, -0.25) is 0 Å². The van der Waals surface area contributed by atoms with Gasteiger partial charge >= 0.3 is 0 Å². The third-order valence-electron chi connectivity index (χ3n) is 16.8. The van der Waals surface area contributed by atoms with Crippen LogP contribution in [-0.2, 0) is 0 Å². The number of aromatic nitrogens is 5. The van der Waals surface area contributed by atoms with Gasteiger partial charge in [-0.05, 0) is 90.0 Å². The van der Waals surface area contributed by atoms with Crippen LogP contribution in [0.3, 0.4) is 0 Å². The molecule has 0 aliphatic rings. The Morgan fingerprint density at radius 1 is 0.289 bits per heavy atom. The zero-order valence-corrected chi connectivity index (χ0v) is 45.9. The van der Waals surface area contributed by atoms with Crippen molar-refractivity contribution >= 4 is 129 Å². The summed E-state index contributed by atoms with van der Waals surface area (Å²) in [4.78, 5) is 16.4. The van der Waals surface area contributed by atoms with E-state index in [2.05, 4.69) is 270 Å². The Morgan fingerprint density at radius 2 is 0.735 bits per heavy atom. The van der Waals surface area contributed by atoms with Gasteiger partial charge in [-0.2, -0.15) is 0 Å². The Balaban J connectivity index is 0.908. The van der Waals surface area contributed by atoms with Gasteiger partial charge in [0.1, 0.15) is 5.58 Å². The lowest BCUT2D eigenvalue weighted by molar-refractivity contribution is 0.675. The predicted molar refractivity (Wildman–Crippen MR) is 349 cm³/mol. The second-order valence-corrected chi connectivity index (χ2v) is 23.6. The summed E-state index contributed by atoms with van der Waals surface area (Å²) in [7, 11) is 0. The number of hydrogen-bond acceptors (Lipinski definition) is 6. The summed E-state index contributed by atoms with van der Waals surface area (Å²) in [6, 6.07) is 93.8. The molecule has 83 heavy (non-hydrogen) atoms. The summed E-state index contributed by atoms with van der Waals surface area (Å²) in [6.45, 7) is 0. The van der Waals surface area contributed by atoms with Gasteiger partial charge in [0.15, 0.2) is 23.1 Å². The molecule has 8 heteroatoms. The Bertz CT molecular complexity index is 5500. The lowest BCUT2D eigenvalue weighted by Gasteiger charge is -2.21. The number of para-hydroxylation sites is 3. The van der Waals surface area contributed by atoms with E-state index in [1.165, 1.54) is 45.7 Å². The molecule has 6 aromatic heterocycles. The first-order valence-corrected chi connectivity index (χ1v) is 29.5. The molecule has 0 saturated heterocycles. The molecular formula is C75H43N5OS2. The largest absolute Gasteiger partial charge is 0.453 e. The maximum Gasteiger partial charge on any atom is 0.164 e. The Morgan fingerprint density at radius 3 is 1.34 bits per heavy atom. The predicted octanol–water partition coefficient (Wildman–Crippen LogP) is 21.0. The molecule has 0 amide bonds. The number of benzene rings is 12. The van der Waals surface area contributed by atoms with E-state index in [-0.39, 0.29) is 0 Å².